The Hall–Kier alpha value is -5.08. The molecule has 5 aromatic rings. The van der Waals surface area contributed by atoms with Crippen molar-refractivity contribution in [3.8, 4) is 17.1 Å². The minimum atomic E-state index is -1.11. The number of hydrogen-bond donors (Lipinski definition) is 2. The van der Waals surface area contributed by atoms with Crippen LogP contribution in [0.4, 0.5) is 4.79 Å². The number of amides is 1. The zero-order chi connectivity index (χ0) is 34.0. The zero-order valence-corrected chi connectivity index (χ0v) is 28.2. The lowest BCUT2D eigenvalue weighted by Crippen LogP contribution is -2.42. The van der Waals surface area contributed by atoms with Crippen molar-refractivity contribution in [2.45, 2.75) is 43.6 Å². The number of alkyl carbamates (subject to hydrolysis) is 1. The maximum absolute atomic E-state index is 13.3. The van der Waals surface area contributed by atoms with Gasteiger partial charge < -0.3 is 19.9 Å². The van der Waals surface area contributed by atoms with Crippen molar-refractivity contribution in [1.29, 1.82) is 0 Å². The number of hydrogen-bond acceptors (Lipinski definition) is 6. The average Bonchev–Trinajstić information content (AvgIpc) is 3.09. The topological polar surface area (TPSA) is 97.8 Å². The number of ether oxygens (including phenoxy) is 2. The third kappa shape index (κ3) is 8.83. The first-order chi connectivity index (χ1) is 23.1. The second-order valence-corrected chi connectivity index (χ2v) is 13.6. The Bertz CT molecular complexity index is 1680. The number of rotatable bonds is 13. The molecular formula is C40H40N2O5S. The van der Waals surface area contributed by atoms with Crippen molar-refractivity contribution in [2.75, 3.05) is 12.4 Å². The van der Waals surface area contributed by atoms with Crippen molar-refractivity contribution in [1.82, 2.24) is 10.3 Å². The maximum Gasteiger partial charge on any atom is 0.407 e. The number of nitrogens with one attached hydrogen (secondary N) is 1. The van der Waals surface area contributed by atoms with Crippen molar-refractivity contribution < 1.29 is 24.2 Å². The Morgan fingerprint density at radius 3 is 1.73 bits per heavy atom. The number of carbonyl (C=O) groups is 2. The third-order valence-electron chi connectivity index (χ3n) is 7.57. The van der Waals surface area contributed by atoms with Gasteiger partial charge in [0.15, 0.2) is 6.61 Å². The molecule has 48 heavy (non-hydrogen) atoms. The normalized spacial score (nSPS) is 12.1. The Balaban J connectivity index is 1.55. The average molecular weight is 661 g/mol. The molecule has 246 valence electrons. The number of carboxylic acids is 1. The summed E-state index contributed by atoms with van der Waals surface area (Å²) in [5.74, 6) is -0.429. The molecule has 7 nitrogen and oxygen atoms in total. The highest BCUT2D eigenvalue weighted by Gasteiger charge is 2.38. The van der Waals surface area contributed by atoms with E-state index in [1.807, 2.05) is 118 Å². The van der Waals surface area contributed by atoms with Crippen LogP contribution in [0, 0.1) is 0 Å². The second-order valence-electron chi connectivity index (χ2n) is 12.3. The molecule has 0 saturated carbocycles. The van der Waals surface area contributed by atoms with Crippen LogP contribution in [0.5, 0.6) is 5.88 Å². The fourth-order valence-electron chi connectivity index (χ4n) is 5.53. The molecule has 1 amide bonds. The lowest BCUT2D eigenvalue weighted by molar-refractivity contribution is -0.139. The minimum absolute atomic E-state index is 0.209. The first-order valence-corrected chi connectivity index (χ1v) is 16.8. The summed E-state index contributed by atoms with van der Waals surface area (Å²) in [5, 5.41) is 12.5. The summed E-state index contributed by atoms with van der Waals surface area (Å²) >= 11 is 1.71. The molecule has 1 unspecified atom stereocenters. The summed E-state index contributed by atoms with van der Waals surface area (Å²) in [6.45, 7) is 4.93. The van der Waals surface area contributed by atoms with Crippen LogP contribution in [0.3, 0.4) is 0 Å². The fraction of sp³-hybridized carbons (Fsp3) is 0.225. The molecule has 0 radical (unpaired) electrons. The van der Waals surface area contributed by atoms with Crippen LogP contribution in [0.1, 0.15) is 43.0 Å². The van der Waals surface area contributed by atoms with Gasteiger partial charge in [-0.25, -0.2) is 14.6 Å². The highest BCUT2D eigenvalue weighted by atomic mass is 32.2. The minimum Gasteiger partial charge on any atom is -0.479 e. The van der Waals surface area contributed by atoms with Crippen LogP contribution in [-0.2, 0) is 20.7 Å². The summed E-state index contributed by atoms with van der Waals surface area (Å²) in [6, 6.07) is 44.0. The molecule has 0 spiro atoms. The number of aromatic nitrogens is 1. The van der Waals surface area contributed by atoms with Crippen molar-refractivity contribution in [3.63, 3.8) is 0 Å². The molecule has 0 aliphatic carbocycles. The van der Waals surface area contributed by atoms with Gasteiger partial charge in [0.2, 0.25) is 5.88 Å². The van der Waals surface area contributed by atoms with Crippen molar-refractivity contribution in [2.24, 2.45) is 0 Å². The smallest absolute Gasteiger partial charge is 0.407 e. The van der Waals surface area contributed by atoms with Gasteiger partial charge in [-0.05, 0) is 49.9 Å². The van der Waals surface area contributed by atoms with E-state index >= 15 is 0 Å². The maximum atomic E-state index is 13.3. The van der Waals surface area contributed by atoms with E-state index in [1.54, 1.807) is 11.8 Å². The molecule has 1 atom stereocenters. The lowest BCUT2D eigenvalue weighted by atomic mass is 9.84. The molecule has 0 bridgehead atoms. The molecule has 0 saturated heterocycles. The predicted octanol–water partition coefficient (Wildman–Crippen LogP) is 8.37. The van der Waals surface area contributed by atoms with E-state index in [0.29, 0.717) is 23.4 Å². The van der Waals surface area contributed by atoms with E-state index in [0.717, 1.165) is 22.3 Å². The van der Waals surface area contributed by atoms with Crippen LogP contribution in [0.2, 0.25) is 0 Å². The summed E-state index contributed by atoms with van der Waals surface area (Å²) in [5.41, 5.74) is 4.80. The molecule has 0 fully saturated rings. The molecule has 5 rings (SSSR count). The molecule has 1 aromatic heterocycles. The van der Waals surface area contributed by atoms with E-state index in [2.05, 4.69) is 41.7 Å². The fourth-order valence-corrected chi connectivity index (χ4v) is 7.10. The zero-order valence-electron chi connectivity index (χ0n) is 27.3. The van der Waals surface area contributed by atoms with Crippen LogP contribution in [0.15, 0.2) is 133 Å². The summed E-state index contributed by atoms with van der Waals surface area (Å²) in [6.07, 6.45) is -0.225. The second kappa shape index (κ2) is 15.7. The van der Waals surface area contributed by atoms with Crippen LogP contribution >= 0.6 is 11.8 Å². The standard InChI is InChI=1S/C40H40N2O5S/c1-39(2,3)47-38(45)41-34(26-30-24-25-35(29-16-8-4-9-17-29)42-37(30)46-27-36(43)44)28-48-40(31-18-10-5-11-19-31,32-20-12-6-13-21-32)33-22-14-7-15-23-33/h4-25,34H,26-28H2,1-3H3,(H,41,45)(H,43,44). The van der Waals surface area contributed by atoms with Gasteiger partial charge in [0.05, 0.1) is 10.4 Å². The van der Waals surface area contributed by atoms with Crippen LogP contribution in [0.25, 0.3) is 11.3 Å². The van der Waals surface area contributed by atoms with E-state index in [4.69, 9.17) is 14.5 Å². The molecule has 2 N–H and O–H groups in total. The van der Waals surface area contributed by atoms with Crippen molar-refractivity contribution in [3.05, 3.63) is 156 Å². The molecule has 4 aromatic carbocycles. The van der Waals surface area contributed by atoms with Gasteiger partial charge >= 0.3 is 12.1 Å². The highest BCUT2D eigenvalue weighted by Crippen LogP contribution is 2.48. The Labute approximate surface area is 286 Å². The van der Waals surface area contributed by atoms with E-state index < -0.39 is 35.1 Å². The van der Waals surface area contributed by atoms with Gasteiger partial charge in [-0.2, -0.15) is 0 Å². The van der Waals surface area contributed by atoms with E-state index in [1.165, 1.54) is 0 Å². The number of nitrogens with zero attached hydrogens (tertiary/aromatic N) is 1. The van der Waals surface area contributed by atoms with Gasteiger partial charge in [0, 0.05) is 22.9 Å². The van der Waals surface area contributed by atoms with Gasteiger partial charge in [0.25, 0.3) is 0 Å². The molecule has 8 heteroatoms. The monoisotopic (exact) mass is 660 g/mol. The number of carbonyl (C=O) groups excluding carboxylic acids is 1. The van der Waals surface area contributed by atoms with Crippen molar-refractivity contribution >= 4 is 23.8 Å². The first kappa shape index (κ1) is 34.3. The highest BCUT2D eigenvalue weighted by molar-refractivity contribution is 8.00. The number of aliphatic carboxylic acids is 1. The van der Waals surface area contributed by atoms with Gasteiger partial charge in [-0.1, -0.05) is 127 Å². The molecule has 0 aliphatic heterocycles. The van der Waals surface area contributed by atoms with Gasteiger partial charge in [-0.3, -0.25) is 0 Å². The van der Waals surface area contributed by atoms with Crippen LogP contribution < -0.4 is 10.1 Å². The Kier molecular flexibility index (Phi) is 11.2. The largest absolute Gasteiger partial charge is 0.479 e. The summed E-state index contributed by atoms with van der Waals surface area (Å²) in [4.78, 5) is 29.5. The number of carboxylic acid groups (broad SMARTS) is 1. The number of pyridine rings is 1. The third-order valence-corrected chi connectivity index (χ3v) is 9.28. The van der Waals surface area contributed by atoms with Crippen LogP contribution in [-0.4, -0.2) is 46.2 Å². The summed E-state index contributed by atoms with van der Waals surface area (Å²) < 4.78 is 10.8. The molecule has 1 heterocycles. The molecular weight excluding hydrogens is 621 g/mol. The Morgan fingerprint density at radius 2 is 1.25 bits per heavy atom. The predicted molar refractivity (Wildman–Crippen MR) is 191 cm³/mol. The SMILES string of the molecule is CC(C)(C)OC(=O)NC(CSC(c1ccccc1)(c1ccccc1)c1ccccc1)Cc1ccc(-c2ccccc2)nc1OCC(=O)O. The lowest BCUT2D eigenvalue weighted by Gasteiger charge is -2.37. The first-order valence-electron chi connectivity index (χ1n) is 15.8. The number of benzene rings is 4. The van der Waals surface area contributed by atoms with E-state index in [-0.39, 0.29) is 5.88 Å². The number of thioether (sulfide) groups is 1. The Morgan fingerprint density at radius 1 is 0.750 bits per heavy atom. The summed E-state index contributed by atoms with van der Waals surface area (Å²) in [7, 11) is 0. The van der Waals surface area contributed by atoms with Gasteiger partial charge in [-0.15, -0.1) is 11.8 Å². The van der Waals surface area contributed by atoms with E-state index in [9.17, 15) is 14.7 Å². The molecule has 0 aliphatic rings. The van der Waals surface area contributed by atoms with Gasteiger partial charge in [0.1, 0.15) is 5.60 Å². The quantitative estimate of drug-likeness (QED) is 0.123.